The van der Waals surface area contributed by atoms with E-state index in [2.05, 4.69) is 10.3 Å². The monoisotopic (exact) mass is 451 g/mol. The van der Waals surface area contributed by atoms with Crippen molar-refractivity contribution in [2.75, 3.05) is 10.7 Å². The molecule has 32 heavy (non-hydrogen) atoms. The van der Waals surface area contributed by atoms with Gasteiger partial charge in [0.05, 0.1) is 5.92 Å². The number of rotatable bonds is 6. The standard InChI is InChI=1S/C25H29N3O3S/c1-17-7-9-21(10-8-17)28(25(31)19-15-22(29)32-16-19)23(18-11-13-26-14-12-18)24(30)27-20-5-3-2-4-6-20/h7-14,19-20,23H,2-6,15-16H2,1H3,(H,27,30)/t19-,23+/m0/s1. The van der Waals surface area contributed by atoms with E-state index in [1.54, 1.807) is 29.4 Å². The van der Waals surface area contributed by atoms with Gasteiger partial charge in [0.15, 0.2) is 5.12 Å². The van der Waals surface area contributed by atoms with Crippen molar-refractivity contribution >= 4 is 34.4 Å². The second-order valence-corrected chi connectivity index (χ2v) is 9.73. The predicted molar refractivity (Wildman–Crippen MR) is 126 cm³/mol. The van der Waals surface area contributed by atoms with E-state index in [4.69, 9.17) is 0 Å². The van der Waals surface area contributed by atoms with Crippen molar-refractivity contribution in [3.8, 4) is 0 Å². The van der Waals surface area contributed by atoms with E-state index in [1.165, 1.54) is 18.2 Å². The molecule has 1 saturated carbocycles. The minimum atomic E-state index is -0.823. The average Bonchev–Trinajstić information content (AvgIpc) is 3.25. The third kappa shape index (κ3) is 5.21. The van der Waals surface area contributed by atoms with E-state index in [-0.39, 0.29) is 29.4 Å². The van der Waals surface area contributed by atoms with Crippen LogP contribution in [0.5, 0.6) is 0 Å². The highest BCUT2D eigenvalue weighted by atomic mass is 32.2. The second-order valence-electron chi connectivity index (χ2n) is 8.65. The van der Waals surface area contributed by atoms with Gasteiger partial charge in [0, 0.05) is 36.3 Å². The Morgan fingerprint density at radius 3 is 2.38 bits per heavy atom. The maximum atomic E-state index is 13.8. The number of pyridine rings is 1. The van der Waals surface area contributed by atoms with Gasteiger partial charge in [-0.15, -0.1) is 0 Å². The van der Waals surface area contributed by atoms with Gasteiger partial charge >= 0.3 is 0 Å². The number of carbonyl (C=O) groups excluding carboxylic acids is 3. The zero-order chi connectivity index (χ0) is 22.5. The number of nitrogens with zero attached hydrogens (tertiary/aromatic N) is 2. The van der Waals surface area contributed by atoms with Crippen LogP contribution >= 0.6 is 11.8 Å². The van der Waals surface area contributed by atoms with E-state index in [0.29, 0.717) is 17.0 Å². The number of thioether (sulfide) groups is 1. The first-order valence-electron chi connectivity index (χ1n) is 11.3. The Morgan fingerprint density at radius 2 is 1.75 bits per heavy atom. The first kappa shape index (κ1) is 22.5. The summed E-state index contributed by atoms with van der Waals surface area (Å²) in [5.74, 6) is -0.352. The number of amides is 2. The largest absolute Gasteiger partial charge is 0.351 e. The minimum absolute atomic E-state index is 0.0272. The van der Waals surface area contributed by atoms with E-state index < -0.39 is 12.0 Å². The van der Waals surface area contributed by atoms with Crippen LogP contribution in [-0.2, 0) is 14.4 Å². The van der Waals surface area contributed by atoms with Crippen LogP contribution in [0.15, 0.2) is 48.8 Å². The normalized spacial score (nSPS) is 20.0. The smallest absolute Gasteiger partial charge is 0.248 e. The number of nitrogens with one attached hydrogen (secondary N) is 1. The highest BCUT2D eigenvalue weighted by molar-refractivity contribution is 8.14. The van der Waals surface area contributed by atoms with Gasteiger partial charge < -0.3 is 5.32 Å². The number of hydrogen-bond acceptors (Lipinski definition) is 5. The lowest BCUT2D eigenvalue weighted by Gasteiger charge is -2.34. The molecule has 0 bridgehead atoms. The van der Waals surface area contributed by atoms with Gasteiger partial charge in [0.1, 0.15) is 6.04 Å². The number of hydrogen-bond donors (Lipinski definition) is 1. The molecule has 0 radical (unpaired) electrons. The lowest BCUT2D eigenvalue weighted by Crippen LogP contribution is -2.49. The summed E-state index contributed by atoms with van der Waals surface area (Å²) in [6, 6.07) is 10.5. The molecule has 4 rings (SSSR count). The lowest BCUT2D eigenvalue weighted by atomic mass is 9.94. The number of carbonyl (C=O) groups is 3. The molecule has 7 heteroatoms. The Hall–Kier alpha value is -2.67. The number of anilines is 1. The molecule has 2 atom stereocenters. The summed E-state index contributed by atoms with van der Waals surface area (Å²) in [7, 11) is 0. The Bertz CT molecular complexity index is 958. The van der Waals surface area contributed by atoms with E-state index >= 15 is 0 Å². The molecule has 2 aliphatic rings. The third-order valence-corrected chi connectivity index (χ3v) is 7.30. The molecule has 2 heterocycles. The first-order valence-corrected chi connectivity index (χ1v) is 12.3. The number of aryl methyl sites for hydroxylation is 1. The van der Waals surface area contributed by atoms with Gasteiger partial charge in [0.2, 0.25) is 11.8 Å². The summed E-state index contributed by atoms with van der Waals surface area (Å²) < 4.78 is 0. The van der Waals surface area contributed by atoms with Crippen LogP contribution in [-0.4, -0.2) is 33.7 Å². The van der Waals surface area contributed by atoms with Gasteiger partial charge in [-0.05, 0) is 49.6 Å². The van der Waals surface area contributed by atoms with Crippen molar-refractivity contribution in [2.45, 2.75) is 57.5 Å². The number of aromatic nitrogens is 1. The third-order valence-electron chi connectivity index (χ3n) is 6.24. The van der Waals surface area contributed by atoms with Crippen LogP contribution in [0.1, 0.15) is 55.7 Å². The van der Waals surface area contributed by atoms with Gasteiger partial charge in [-0.3, -0.25) is 24.3 Å². The summed E-state index contributed by atoms with van der Waals surface area (Å²) in [6.45, 7) is 1.98. The predicted octanol–water partition coefficient (Wildman–Crippen LogP) is 4.19. The van der Waals surface area contributed by atoms with Crippen molar-refractivity contribution in [3.05, 3.63) is 59.9 Å². The van der Waals surface area contributed by atoms with Crippen LogP contribution in [0.25, 0.3) is 0 Å². The molecule has 2 amide bonds. The number of benzene rings is 1. The fraction of sp³-hybridized carbons (Fsp3) is 0.440. The Labute approximate surface area is 193 Å². The molecule has 2 fully saturated rings. The molecule has 1 N–H and O–H groups in total. The molecule has 1 aromatic heterocycles. The molecular weight excluding hydrogens is 422 g/mol. The molecule has 1 aliphatic carbocycles. The van der Waals surface area contributed by atoms with Gasteiger partial charge in [0.25, 0.3) is 0 Å². The maximum Gasteiger partial charge on any atom is 0.248 e. The van der Waals surface area contributed by atoms with Gasteiger partial charge in [-0.25, -0.2) is 0 Å². The molecule has 6 nitrogen and oxygen atoms in total. The Balaban J connectivity index is 1.73. The highest BCUT2D eigenvalue weighted by Gasteiger charge is 2.39. The SMILES string of the molecule is Cc1ccc(N(C(=O)[C@@H]2CSC(=O)C2)[C@@H](C(=O)NC2CCCCC2)c2ccncc2)cc1. The van der Waals surface area contributed by atoms with Crippen LogP contribution in [0.3, 0.4) is 0 Å². The van der Waals surface area contributed by atoms with E-state index in [0.717, 1.165) is 31.2 Å². The summed E-state index contributed by atoms with van der Waals surface area (Å²) in [6.07, 6.45) is 8.81. The fourth-order valence-electron chi connectivity index (χ4n) is 4.47. The van der Waals surface area contributed by atoms with Crippen molar-refractivity contribution in [3.63, 3.8) is 0 Å². The second kappa shape index (κ2) is 10.3. The van der Waals surface area contributed by atoms with Crippen LogP contribution in [0.2, 0.25) is 0 Å². The first-order chi connectivity index (χ1) is 15.5. The summed E-state index contributed by atoms with van der Waals surface area (Å²) >= 11 is 1.20. The summed E-state index contributed by atoms with van der Waals surface area (Å²) in [5.41, 5.74) is 2.43. The van der Waals surface area contributed by atoms with Crippen LogP contribution in [0, 0.1) is 12.8 Å². The minimum Gasteiger partial charge on any atom is -0.351 e. The Morgan fingerprint density at radius 1 is 1.06 bits per heavy atom. The quantitative estimate of drug-likeness (QED) is 0.712. The van der Waals surface area contributed by atoms with Crippen molar-refractivity contribution in [1.29, 1.82) is 0 Å². The van der Waals surface area contributed by atoms with Gasteiger partial charge in [-0.2, -0.15) is 0 Å². The Kier molecular flexibility index (Phi) is 7.25. The zero-order valence-corrected chi connectivity index (χ0v) is 19.1. The molecule has 2 aromatic rings. The molecule has 1 saturated heterocycles. The summed E-state index contributed by atoms with van der Waals surface area (Å²) in [4.78, 5) is 45.0. The molecular formula is C25H29N3O3S. The average molecular weight is 452 g/mol. The topological polar surface area (TPSA) is 79.4 Å². The van der Waals surface area contributed by atoms with E-state index in [9.17, 15) is 14.4 Å². The van der Waals surface area contributed by atoms with Crippen LogP contribution < -0.4 is 10.2 Å². The fourth-order valence-corrected chi connectivity index (χ4v) is 5.43. The van der Waals surface area contributed by atoms with Gasteiger partial charge in [-0.1, -0.05) is 48.7 Å². The zero-order valence-electron chi connectivity index (χ0n) is 18.3. The highest BCUT2D eigenvalue weighted by Crippen LogP contribution is 2.34. The van der Waals surface area contributed by atoms with Crippen molar-refractivity contribution in [1.82, 2.24) is 10.3 Å². The molecule has 1 aromatic carbocycles. The van der Waals surface area contributed by atoms with Crippen molar-refractivity contribution in [2.24, 2.45) is 5.92 Å². The summed E-state index contributed by atoms with van der Waals surface area (Å²) in [5, 5.41) is 3.24. The van der Waals surface area contributed by atoms with Crippen molar-refractivity contribution < 1.29 is 14.4 Å². The lowest BCUT2D eigenvalue weighted by molar-refractivity contribution is -0.129. The van der Waals surface area contributed by atoms with Crippen LogP contribution in [0.4, 0.5) is 5.69 Å². The van der Waals surface area contributed by atoms with E-state index in [1.807, 2.05) is 31.2 Å². The molecule has 168 valence electrons. The molecule has 0 unspecified atom stereocenters. The maximum absolute atomic E-state index is 13.8. The molecule has 1 aliphatic heterocycles. The molecule has 0 spiro atoms.